The van der Waals surface area contributed by atoms with Crippen molar-refractivity contribution in [1.82, 2.24) is 4.98 Å². The van der Waals surface area contributed by atoms with E-state index in [2.05, 4.69) is 4.98 Å². The van der Waals surface area contributed by atoms with Crippen LogP contribution in [0.5, 0.6) is 11.5 Å². The molecule has 0 spiro atoms. The molecule has 0 radical (unpaired) electrons. The van der Waals surface area contributed by atoms with Gasteiger partial charge in [-0.2, -0.15) is 5.26 Å². The van der Waals surface area contributed by atoms with Gasteiger partial charge in [-0.15, -0.1) is 0 Å². The van der Waals surface area contributed by atoms with Gasteiger partial charge in [-0.1, -0.05) is 0 Å². The molecule has 1 N–H and O–H groups in total. The minimum absolute atomic E-state index is 0.0180. The minimum atomic E-state index is -0.464. The first-order valence-corrected chi connectivity index (χ1v) is 6.87. The van der Waals surface area contributed by atoms with Crippen molar-refractivity contribution in [1.29, 1.82) is 5.26 Å². The van der Waals surface area contributed by atoms with Crippen LogP contribution in [0.25, 0.3) is 22.6 Å². The Labute approximate surface area is 130 Å². The second-order valence-electron chi connectivity index (χ2n) is 4.96. The molecule has 1 aliphatic heterocycles. The molecule has 0 bridgehead atoms. The lowest BCUT2D eigenvalue weighted by atomic mass is 10.0. The number of aromatic amines is 1. The van der Waals surface area contributed by atoms with Crippen LogP contribution in [0, 0.1) is 11.3 Å². The van der Waals surface area contributed by atoms with Crippen LogP contribution in [-0.4, -0.2) is 11.8 Å². The molecule has 0 fully saturated rings. The first-order valence-electron chi connectivity index (χ1n) is 6.87. The number of ether oxygens (including phenoxy) is 2. The first kappa shape index (κ1) is 13.2. The van der Waals surface area contributed by atoms with Gasteiger partial charge in [-0.3, -0.25) is 4.79 Å². The molecule has 6 heteroatoms. The molecule has 0 aliphatic carbocycles. The summed E-state index contributed by atoms with van der Waals surface area (Å²) in [5, 5.41) is 9.24. The number of hydrogen-bond donors (Lipinski definition) is 1. The summed E-state index contributed by atoms with van der Waals surface area (Å²) < 4.78 is 16.0. The summed E-state index contributed by atoms with van der Waals surface area (Å²) in [7, 11) is 0. The number of aromatic nitrogens is 1. The lowest BCUT2D eigenvalue weighted by molar-refractivity contribution is 0.174. The number of H-pyrrole nitrogens is 1. The highest BCUT2D eigenvalue weighted by Gasteiger charge is 2.17. The van der Waals surface area contributed by atoms with Gasteiger partial charge in [0.25, 0.3) is 5.56 Å². The van der Waals surface area contributed by atoms with Crippen molar-refractivity contribution in [2.75, 3.05) is 6.79 Å². The molecule has 0 atom stereocenters. The number of rotatable bonds is 2. The van der Waals surface area contributed by atoms with E-state index in [4.69, 9.17) is 13.9 Å². The summed E-state index contributed by atoms with van der Waals surface area (Å²) in [4.78, 5) is 14.9. The normalized spacial score (nSPS) is 12.1. The van der Waals surface area contributed by atoms with Gasteiger partial charge in [0.15, 0.2) is 11.5 Å². The van der Waals surface area contributed by atoms with Crippen molar-refractivity contribution in [3.63, 3.8) is 0 Å². The Morgan fingerprint density at radius 1 is 1.13 bits per heavy atom. The molecular weight excluding hydrogens is 296 g/mol. The van der Waals surface area contributed by atoms with E-state index in [-0.39, 0.29) is 12.4 Å². The average molecular weight is 306 g/mol. The molecule has 4 rings (SSSR count). The van der Waals surface area contributed by atoms with Crippen molar-refractivity contribution >= 4 is 0 Å². The minimum Gasteiger partial charge on any atom is -0.464 e. The number of hydrogen-bond acceptors (Lipinski definition) is 5. The molecular formula is C17H10N2O4. The van der Waals surface area contributed by atoms with Gasteiger partial charge in [-0.25, -0.2) is 0 Å². The second-order valence-corrected chi connectivity index (χ2v) is 4.96. The molecule has 112 valence electrons. The summed E-state index contributed by atoms with van der Waals surface area (Å²) >= 11 is 0. The lowest BCUT2D eigenvalue weighted by Gasteiger charge is -2.07. The third-order valence-electron chi connectivity index (χ3n) is 3.62. The molecule has 0 saturated carbocycles. The maximum absolute atomic E-state index is 12.2. The van der Waals surface area contributed by atoms with Crippen molar-refractivity contribution in [3.05, 3.63) is 58.6 Å². The number of furan rings is 1. The van der Waals surface area contributed by atoms with E-state index in [0.29, 0.717) is 28.5 Å². The summed E-state index contributed by atoms with van der Waals surface area (Å²) in [6, 6.07) is 12.4. The Kier molecular flexibility index (Phi) is 2.91. The van der Waals surface area contributed by atoms with Crippen LogP contribution in [0.15, 0.2) is 51.9 Å². The molecule has 3 heterocycles. The van der Waals surface area contributed by atoms with Crippen LogP contribution >= 0.6 is 0 Å². The highest BCUT2D eigenvalue weighted by molar-refractivity contribution is 5.73. The average Bonchev–Trinajstić information content (AvgIpc) is 3.24. The highest BCUT2D eigenvalue weighted by atomic mass is 16.7. The predicted molar refractivity (Wildman–Crippen MR) is 81.0 cm³/mol. The van der Waals surface area contributed by atoms with E-state index in [1.54, 1.807) is 30.3 Å². The first-order chi connectivity index (χ1) is 11.3. The van der Waals surface area contributed by atoms with Crippen LogP contribution in [-0.2, 0) is 0 Å². The topological polar surface area (TPSA) is 88.2 Å². The molecule has 0 amide bonds. The van der Waals surface area contributed by atoms with E-state index in [0.717, 1.165) is 5.56 Å². The third kappa shape index (κ3) is 2.15. The Bertz CT molecular complexity index is 981. The zero-order valence-electron chi connectivity index (χ0n) is 11.8. The third-order valence-corrected chi connectivity index (χ3v) is 3.62. The molecule has 6 nitrogen and oxygen atoms in total. The predicted octanol–water partition coefficient (Wildman–Crippen LogP) is 2.90. The van der Waals surface area contributed by atoms with E-state index in [1.165, 1.54) is 6.26 Å². The zero-order chi connectivity index (χ0) is 15.8. The monoisotopic (exact) mass is 306 g/mol. The lowest BCUT2D eigenvalue weighted by Crippen LogP contribution is -2.12. The molecule has 1 aromatic carbocycles. The van der Waals surface area contributed by atoms with Gasteiger partial charge < -0.3 is 18.9 Å². The molecule has 0 saturated heterocycles. The molecule has 23 heavy (non-hydrogen) atoms. The van der Waals surface area contributed by atoms with Crippen molar-refractivity contribution in [2.45, 2.75) is 0 Å². The second kappa shape index (κ2) is 5.07. The number of nitriles is 1. The number of benzene rings is 1. The quantitative estimate of drug-likeness (QED) is 0.786. The van der Waals surface area contributed by atoms with Crippen molar-refractivity contribution in [2.24, 2.45) is 0 Å². The number of fused-ring (bicyclic) bond motifs is 1. The Hall–Kier alpha value is -3.46. The van der Waals surface area contributed by atoms with E-state index < -0.39 is 5.56 Å². The van der Waals surface area contributed by atoms with Crippen LogP contribution in [0.3, 0.4) is 0 Å². The standard InChI is InChI=1S/C17H10N2O4/c18-8-12-11(14-2-1-5-21-14)7-13(19-17(12)20)10-3-4-15-16(6-10)23-9-22-15/h1-7H,9H2,(H,19,20). The van der Waals surface area contributed by atoms with Crippen LogP contribution in [0.1, 0.15) is 5.56 Å². The fraction of sp³-hybridized carbons (Fsp3) is 0.0588. The summed E-state index contributed by atoms with van der Waals surface area (Å²) in [6.07, 6.45) is 1.50. The van der Waals surface area contributed by atoms with Crippen LogP contribution < -0.4 is 15.0 Å². The molecule has 0 unspecified atom stereocenters. The largest absolute Gasteiger partial charge is 0.464 e. The van der Waals surface area contributed by atoms with Crippen LogP contribution in [0.4, 0.5) is 0 Å². The van der Waals surface area contributed by atoms with E-state index in [1.807, 2.05) is 12.1 Å². The van der Waals surface area contributed by atoms with Crippen molar-refractivity contribution < 1.29 is 13.9 Å². The van der Waals surface area contributed by atoms with Gasteiger partial charge in [0.2, 0.25) is 6.79 Å². The highest BCUT2D eigenvalue weighted by Crippen LogP contribution is 2.36. The fourth-order valence-electron chi connectivity index (χ4n) is 2.52. The Morgan fingerprint density at radius 2 is 2.00 bits per heavy atom. The molecule has 2 aromatic heterocycles. The summed E-state index contributed by atoms with van der Waals surface area (Å²) in [5.41, 5.74) is 1.33. The summed E-state index contributed by atoms with van der Waals surface area (Å²) in [6.45, 7) is 0.181. The smallest absolute Gasteiger partial charge is 0.267 e. The van der Waals surface area contributed by atoms with Gasteiger partial charge in [0, 0.05) is 16.8 Å². The van der Waals surface area contributed by atoms with Gasteiger partial charge in [-0.05, 0) is 36.4 Å². The van der Waals surface area contributed by atoms with E-state index in [9.17, 15) is 10.1 Å². The van der Waals surface area contributed by atoms with E-state index >= 15 is 0 Å². The van der Waals surface area contributed by atoms with Crippen LogP contribution in [0.2, 0.25) is 0 Å². The fourth-order valence-corrected chi connectivity index (χ4v) is 2.52. The maximum Gasteiger partial charge on any atom is 0.267 e. The Morgan fingerprint density at radius 3 is 2.78 bits per heavy atom. The zero-order valence-corrected chi connectivity index (χ0v) is 11.8. The molecule has 1 aliphatic rings. The maximum atomic E-state index is 12.2. The number of pyridine rings is 1. The van der Waals surface area contributed by atoms with Gasteiger partial charge in [0.1, 0.15) is 17.4 Å². The van der Waals surface area contributed by atoms with Gasteiger partial charge in [0.05, 0.1) is 6.26 Å². The SMILES string of the molecule is N#Cc1c(-c2ccco2)cc(-c2ccc3c(c2)OCO3)[nH]c1=O. The Balaban J connectivity index is 1.91. The number of nitrogens with zero attached hydrogens (tertiary/aromatic N) is 1. The molecule has 3 aromatic rings. The number of nitrogens with one attached hydrogen (secondary N) is 1. The van der Waals surface area contributed by atoms with Gasteiger partial charge >= 0.3 is 0 Å². The van der Waals surface area contributed by atoms with Crippen molar-refractivity contribution in [3.8, 4) is 40.1 Å². The summed E-state index contributed by atoms with van der Waals surface area (Å²) in [5.74, 6) is 1.75.